The van der Waals surface area contributed by atoms with Gasteiger partial charge in [0, 0.05) is 31.2 Å². The van der Waals surface area contributed by atoms with Crippen molar-refractivity contribution in [2.75, 3.05) is 19.6 Å². The molecular formula is C17H28N2. The van der Waals surface area contributed by atoms with Gasteiger partial charge in [0.25, 0.3) is 0 Å². The van der Waals surface area contributed by atoms with Crippen molar-refractivity contribution in [3.05, 3.63) is 35.9 Å². The van der Waals surface area contributed by atoms with Crippen LogP contribution in [0.5, 0.6) is 0 Å². The second kappa shape index (κ2) is 6.06. The molecular weight excluding hydrogens is 232 g/mol. The summed E-state index contributed by atoms with van der Waals surface area (Å²) in [6.45, 7) is 12.7. The van der Waals surface area contributed by atoms with E-state index in [0.29, 0.717) is 6.04 Å². The standard InChI is InChI=1S/C17H28N2/c1-14(2)12-16(15-8-6-5-7-9-15)19-11-10-18-13-17(19,3)4/h5-9,14,16,18H,10-13H2,1-4H3. The van der Waals surface area contributed by atoms with E-state index in [-0.39, 0.29) is 5.54 Å². The lowest BCUT2D eigenvalue weighted by molar-refractivity contribution is 0.0349. The Hall–Kier alpha value is -0.860. The third-order valence-electron chi connectivity index (χ3n) is 4.12. The van der Waals surface area contributed by atoms with E-state index in [0.717, 1.165) is 25.6 Å². The van der Waals surface area contributed by atoms with Gasteiger partial charge in [0.1, 0.15) is 0 Å². The quantitative estimate of drug-likeness (QED) is 0.892. The first-order valence-electron chi connectivity index (χ1n) is 7.53. The van der Waals surface area contributed by atoms with Gasteiger partial charge in [-0.05, 0) is 31.7 Å². The van der Waals surface area contributed by atoms with E-state index < -0.39 is 0 Å². The van der Waals surface area contributed by atoms with Gasteiger partial charge in [-0.15, -0.1) is 0 Å². The molecule has 1 saturated heterocycles. The zero-order valence-electron chi connectivity index (χ0n) is 12.8. The van der Waals surface area contributed by atoms with Crippen LogP contribution in [0.1, 0.15) is 45.7 Å². The lowest BCUT2D eigenvalue weighted by Crippen LogP contribution is -2.58. The maximum absolute atomic E-state index is 3.52. The summed E-state index contributed by atoms with van der Waals surface area (Å²) in [6, 6.07) is 11.5. The highest BCUT2D eigenvalue weighted by molar-refractivity contribution is 5.20. The molecule has 2 heteroatoms. The fraction of sp³-hybridized carbons (Fsp3) is 0.647. The maximum Gasteiger partial charge on any atom is 0.0356 e. The van der Waals surface area contributed by atoms with E-state index in [9.17, 15) is 0 Å². The molecule has 0 bridgehead atoms. The number of piperazine rings is 1. The Morgan fingerprint density at radius 2 is 1.89 bits per heavy atom. The Kier molecular flexibility index (Phi) is 4.64. The number of benzene rings is 1. The fourth-order valence-corrected chi connectivity index (χ4v) is 3.14. The molecule has 1 aromatic rings. The molecule has 0 saturated carbocycles. The molecule has 0 aliphatic carbocycles. The van der Waals surface area contributed by atoms with Crippen LogP contribution in [-0.4, -0.2) is 30.1 Å². The van der Waals surface area contributed by atoms with Gasteiger partial charge in [-0.25, -0.2) is 0 Å². The molecule has 1 heterocycles. The fourth-order valence-electron chi connectivity index (χ4n) is 3.14. The number of nitrogens with zero attached hydrogens (tertiary/aromatic N) is 1. The van der Waals surface area contributed by atoms with Crippen LogP contribution in [0.3, 0.4) is 0 Å². The minimum Gasteiger partial charge on any atom is -0.314 e. The SMILES string of the molecule is CC(C)CC(c1ccccc1)N1CCNCC1(C)C. The van der Waals surface area contributed by atoms with E-state index in [1.807, 2.05) is 0 Å². The summed E-state index contributed by atoms with van der Waals surface area (Å²) in [7, 11) is 0. The number of hydrogen-bond donors (Lipinski definition) is 1. The van der Waals surface area contributed by atoms with Crippen molar-refractivity contribution >= 4 is 0 Å². The molecule has 0 radical (unpaired) electrons. The van der Waals surface area contributed by atoms with Crippen molar-refractivity contribution in [1.29, 1.82) is 0 Å². The first-order chi connectivity index (χ1) is 9.00. The largest absolute Gasteiger partial charge is 0.314 e. The van der Waals surface area contributed by atoms with Crippen LogP contribution < -0.4 is 5.32 Å². The average molecular weight is 260 g/mol. The zero-order chi connectivity index (χ0) is 13.9. The minimum atomic E-state index is 0.230. The van der Waals surface area contributed by atoms with Crippen LogP contribution >= 0.6 is 0 Å². The Morgan fingerprint density at radius 1 is 1.21 bits per heavy atom. The third-order valence-corrected chi connectivity index (χ3v) is 4.12. The summed E-state index contributed by atoms with van der Waals surface area (Å²) in [5.41, 5.74) is 1.69. The predicted octanol–water partition coefficient (Wildman–Crippen LogP) is 3.46. The van der Waals surface area contributed by atoms with Crippen LogP contribution in [0.2, 0.25) is 0 Å². The van der Waals surface area contributed by atoms with Gasteiger partial charge in [0.05, 0.1) is 0 Å². The molecule has 106 valence electrons. The van der Waals surface area contributed by atoms with Crippen LogP contribution in [0.4, 0.5) is 0 Å². The van der Waals surface area contributed by atoms with Crippen molar-refractivity contribution in [2.45, 2.75) is 45.7 Å². The minimum absolute atomic E-state index is 0.230. The molecule has 1 aromatic carbocycles. The molecule has 1 fully saturated rings. The van der Waals surface area contributed by atoms with Gasteiger partial charge in [0.15, 0.2) is 0 Å². The first kappa shape index (κ1) is 14.5. The summed E-state index contributed by atoms with van der Waals surface area (Å²) < 4.78 is 0. The Balaban J connectivity index is 2.27. The van der Waals surface area contributed by atoms with Crippen molar-refractivity contribution in [3.8, 4) is 0 Å². The molecule has 0 spiro atoms. The number of rotatable bonds is 4. The van der Waals surface area contributed by atoms with Gasteiger partial charge in [0.2, 0.25) is 0 Å². The summed E-state index contributed by atoms with van der Waals surface area (Å²) in [5.74, 6) is 0.718. The molecule has 2 nitrogen and oxygen atoms in total. The van der Waals surface area contributed by atoms with Crippen LogP contribution in [-0.2, 0) is 0 Å². The molecule has 1 atom stereocenters. The first-order valence-corrected chi connectivity index (χ1v) is 7.53. The smallest absolute Gasteiger partial charge is 0.0356 e. The molecule has 1 unspecified atom stereocenters. The summed E-state index contributed by atoms with van der Waals surface area (Å²) >= 11 is 0. The van der Waals surface area contributed by atoms with Gasteiger partial charge in [-0.1, -0.05) is 44.2 Å². The van der Waals surface area contributed by atoms with Crippen LogP contribution in [0.25, 0.3) is 0 Å². The second-order valence-electron chi connectivity index (χ2n) is 6.74. The second-order valence-corrected chi connectivity index (χ2v) is 6.74. The van der Waals surface area contributed by atoms with Crippen LogP contribution in [0.15, 0.2) is 30.3 Å². The van der Waals surface area contributed by atoms with Gasteiger partial charge in [-0.2, -0.15) is 0 Å². The zero-order valence-corrected chi connectivity index (χ0v) is 12.8. The predicted molar refractivity (Wildman–Crippen MR) is 82.3 cm³/mol. The van der Waals surface area contributed by atoms with Gasteiger partial charge < -0.3 is 5.32 Å². The van der Waals surface area contributed by atoms with E-state index >= 15 is 0 Å². The van der Waals surface area contributed by atoms with E-state index in [1.165, 1.54) is 12.0 Å². The molecule has 19 heavy (non-hydrogen) atoms. The Labute approximate surface area is 118 Å². The van der Waals surface area contributed by atoms with Crippen molar-refractivity contribution in [2.24, 2.45) is 5.92 Å². The van der Waals surface area contributed by atoms with Crippen molar-refractivity contribution in [1.82, 2.24) is 10.2 Å². The topological polar surface area (TPSA) is 15.3 Å². The van der Waals surface area contributed by atoms with Gasteiger partial charge >= 0.3 is 0 Å². The monoisotopic (exact) mass is 260 g/mol. The van der Waals surface area contributed by atoms with E-state index in [4.69, 9.17) is 0 Å². The highest BCUT2D eigenvalue weighted by Crippen LogP contribution is 2.33. The van der Waals surface area contributed by atoms with E-state index in [2.05, 4.69) is 68.2 Å². The number of hydrogen-bond acceptors (Lipinski definition) is 2. The molecule has 1 N–H and O–H groups in total. The molecule has 1 aliphatic rings. The maximum atomic E-state index is 3.52. The van der Waals surface area contributed by atoms with Gasteiger partial charge in [-0.3, -0.25) is 4.90 Å². The average Bonchev–Trinajstić information content (AvgIpc) is 2.37. The van der Waals surface area contributed by atoms with Crippen molar-refractivity contribution < 1.29 is 0 Å². The molecule has 1 aliphatic heterocycles. The third kappa shape index (κ3) is 3.58. The number of nitrogens with one attached hydrogen (secondary N) is 1. The highest BCUT2D eigenvalue weighted by atomic mass is 15.3. The molecule has 0 aromatic heterocycles. The normalized spacial score (nSPS) is 21.5. The summed E-state index contributed by atoms with van der Waals surface area (Å²) in [4.78, 5) is 2.69. The Bertz CT molecular complexity index is 384. The summed E-state index contributed by atoms with van der Waals surface area (Å²) in [6.07, 6.45) is 1.23. The van der Waals surface area contributed by atoms with Crippen LogP contribution in [0, 0.1) is 5.92 Å². The molecule has 0 amide bonds. The van der Waals surface area contributed by atoms with Crippen molar-refractivity contribution in [3.63, 3.8) is 0 Å². The molecule has 2 rings (SSSR count). The lowest BCUT2D eigenvalue weighted by Gasteiger charge is -2.48. The highest BCUT2D eigenvalue weighted by Gasteiger charge is 2.35. The van der Waals surface area contributed by atoms with E-state index in [1.54, 1.807) is 0 Å². The summed E-state index contributed by atoms with van der Waals surface area (Å²) in [5, 5.41) is 3.52. The lowest BCUT2D eigenvalue weighted by atomic mass is 9.89. The Morgan fingerprint density at radius 3 is 2.47 bits per heavy atom.